The average molecular weight is 483 g/mol. The molecule has 0 saturated heterocycles. The number of anilines is 1. The molecule has 0 aliphatic carbocycles. The van der Waals surface area contributed by atoms with Gasteiger partial charge in [-0.1, -0.05) is 64.8 Å². The number of carbonyl (C=O) groups is 1. The number of nitrogens with zero attached hydrogens (tertiary/aromatic N) is 3. The molecule has 0 fully saturated rings. The number of benzene rings is 3. The molecule has 35 heavy (non-hydrogen) atoms. The Bertz CT molecular complexity index is 1390. The van der Waals surface area contributed by atoms with Gasteiger partial charge in [0.2, 0.25) is 5.82 Å². The van der Waals surface area contributed by atoms with Gasteiger partial charge in [0.05, 0.1) is 17.3 Å². The third-order valence-electron chi connectivity index (χ3n) is 6.19. The molecular weight excluding hydrogens is 456 g/mol. The van der Waals surface area contributed by atoms with Crippen LogP contribution < -0.4 is 10.2 Å². The maximum Gasteiger partial charge on any atom is 0.326 e. The van der Waals surface area contributed by atoms with E-state index in [2.05, 4.69) is 22.6 Å². The lowest BCUT2D eigenvalue weighted by Gasteiger charge is -2.35. The van der Waals surface area contributed by atoms with E-state index in [0.29, 0.717) is 11.7 Å². The van der Waals surface area contributed by atoms with E-state index in [1.165, 1.54) is 0 Å². The van der Waals surface area contributed by atoms with Crippen molar-refractivity contribution >= 4 is 29.1 Å². The van der Waals surface area contributed by atoms with Crippen LogP contribution in [0.1, 0.15) is 35.5 Å². The normalized spacial score (nSPS) is 15.9. The number of hydrogen-bond acceptors (Lipinski definition) is 5. The highest BCUT2D eigenvalue weighted by molar-refractivity contribution is 7.98. The van der Waals surface area contributed by atoms with Gasteiger partial charge < -0.3 is 9.84 Å². The molecule has 1 unspecified atom stereocenters. The first-order valence-electron chi connectivity index (χ1n) is 11.4. The Labute approximate surface area is 209 Å². The number of allylic oxidation sites excluding steroid dienone is 1. The van der Waals surface area contributed by atoms with E-state index in [1.807, 2.05) is 87.7 Å². The van der Waals surface area contributed by atoms with Gasteiger partial charge in [-0.2, -0.15) is 4.98 Å². The molecule has 0 saturated carbocycles. The minimum absolute atomic E-state index is 0.202. The van der Waals surface area contributed by atoms with Crippen molar-refractivity contribution in [3.8, 4) is 11.4 Å². The Morgan fingerprint density at radius 3 is 2.14 bits per heavy atom. The highest BCUT2D eigenvalue weighted by Gasteiger charge is 2.36. The van der Waals surface area contributed by atoms with Crippen molar-refractivity contribution in [2.45, 2.75) is 31.7 Å². The van der Waals surface area contributed by atoms with Crippen molar-refractivity contribution in [2.75, 3.05) is 11.2 Å². The van der Waals surface area contributed by atoms with Crippen LogP contribution in [0.3, 0.4) is 0 Å². The van der Waals surface area contributed by atoms with Crippen LogP contribution in [0.25, 0.3) is 17.0 Å². The van der Waals surface area contributed by atoms with E-state index in [9.17, 15) is 4.79 Å². The fraction of sp³-hybridized carbons (Fsp3) is 0.179. The number of urea groups is 1. The summed E-state index contributed by atoms with van der Waals surface area (Å²) in [6.07, 6.45) is 2.04. The smallest absolute Gasteiger partial charge is 0.326 e. The summed E-state index contributed by atoms with van der Waals surface area (Å²) in [4.78, 5) is 20.9. The first-order valence-corrected chi connectivity index (χ1v) is 12.6. The molecule has 0 radical (unpaired) electrons. The summed E-state index contributed by atoms with van der Waals surface area (Å²) in [6.45, 7) is 5.98. The van der Waals surface area contributed by atoms with Crippen LogP contribution in [0, 0.1) is 13.8 Å². The summed E-state index contributed by atoms with van der Waals surface area (Å²) >= 11 is 1.67. The number of amides is 2. The van der Waals surface area contributed by atoms with Gasteiger partial charge in [-0.3, -0.25) is 4.90 Å². The van der Waals surface area contributed by atoms with Crippen LogP contribution in [0.15, 0.2) is 87.9 Å². The Hall–Kier alpha value is -3.84. The zero-order valence-corrected chi connectivity index (χ0v) is 20.9. The lowest BCUT2D eigenvalue weighted by atomic mass is 9.94. The highest BCUT2D eigenvalue weighted by Crippen LogP contribution is 2.39. The van der Waals surface area contributed by atoms with Crippen LogP contribution >= 0.6 is 11.8 Å². The maximum atomic E-state index is 13.3. The molecular formula is C28H26N4O2S. The SMILES string of the molecule is CSc1ccc(C2NC(=O)N(c3ccc(C)cc3)C(C)=C2c2nc(-c3ccc(C)cc3)no2)cc1. The number of rotatable bonds is 5. The number of aryl methyl sites for hydroxylation is 2. The maximum absolute atomic E-state index is 13.3. The Morgan fingerprint density at radius 2 is 1.51 bits per heavy atom. The first kappa shape index (κ1) is 22.9. The lowest BCUT2D eigenvalue weighted by Crippen LogP contribution is -2.46. The topological polar surface area (TPSA) is 71.3 Å². The molecule has 0 spiro atoms. The zero-order chi connectivity index (χ0) is 24.5. The number of nitrogens with one attached hydrogen (secondary N) is 1. The van der Waals surface area contributed by atoms with Crippen molar-refractivity contribution in [2.24, 2.45) is 0 Å². The fourth-order valence-electron chi connectivity index (χ4n) is 4.22. The second kappa shape index (κ2) is 9.43. The van der Waals surface area contributed by atoms with Crippen molar-refractivity contribution in [3.63, 3.8) is 0 Å². The predicted octanol–water partition coefficient (Wildman–Crippen LogP) is 6.78. The number of hydrogen-bond donors (Lipinski definition) is 1. The molecule has 6 nitrogen and oxygen atoms in total. The molecule has 5 rings (SSSR count). The van der Waals surface area contributed by atoms with Crippen molar-refractivity contribution in [1.29, 1.82) is 0 Å². The average Bonchev–Trinajstić information content (AvgIpc) is 3.35. The molecule has 4 aromatic rings. The zero-order valence-electron chi connectivity index (χ0n) is 20.1. The molecule has 1 atom stereocenters. The van der Waals surface area contributed by atoms with E-state index in [4.69, 9.17) is 9.51 Å². The molecule has 3 aromatic carbocycles. The van der Waals surface area contributed by atoms with Crippen LogP contribution in [0.4, 0.5) is 10.5 Å². The second-order valence-corrected chi connectivity index (χ2v) is 9.49. The predicted molar refractivity (Wildman–Crippen MR) is 140 cm³/mol. The molecule has 1 aliphatic heterocycles. The quantitative estimate of drug-likeness (QED) is 0.318. The van der Waals surface area contributed by atoms with Gasteiger partial charge in [0, 0.05) is 16.2 Å². The number of thioether (sulfide) groups is 1. The van der Waals surface area contributed by atoms with Gasteiger partial charge in [0.1, 0.15) is 0 Å². The standard InChI is InChI=1S/C28H26N4O2S/c1-17-5-9-21(10-6-17)26-30-27(34-31-26)24-19(3)32(22-13-7-18(2)8-14-22)28(33)29-25(24)20-11-15-23(35-4)16-12-20/h5-16,25H,1-4H3,(H,29,33). The molecule has 0 bridgehead atoms. The Morgan fingerprint density at radius 1 is 0.886 bits per heavy atom. The summed E-state index contributed by atoms with van der Waals surface area (Å²) in [5.41, 5.74) is 6.40. The fourth-order valence-corrected chi connectivity index (χ4v) is 4.63. The monoisotopic (exact) mass is 482 g/mol. The van der Waals surface area contributed by atoms with Crippen LogP contribution in [0.2, 0.25) is 0 Å². The number of aromatic nitrogens is 2. The minimum Gasteiger partial charge on any atom is -0.334 e. The first-order chi connectivity index (χ1) is 16.9. The van der Waals surface area contributed by atoms with Gasteiger partial charge in [-0.05, 0) is 56.9 Å². The molecule has 2 heterocycles. The summed E-state index contributed by atoms with van der Waals surface area (Å²) in [7, 11) is 0. The van der Waals surface area contributed by atoms with Gasteiger partial charge in [0.25, 0.3) is 5.89 Å². The molecule has 7 heteroatoms. The van der Waals surface area contributed by atoms with Crippen LogP contribution in [-0.2, 0) is 0 Å². The van der Waals surface area contributed by atoms with Crippen LogP contribution in [-0.4, -0.2) is 22.4 Å². The van der Waals surface area contributed by atoms with E-state index >= 15 is 0 Å². The van der Waals surface area contributed by atoms with Gasteiger partial charge >= 0.3 is 6.03 Å². The molecule has 2 amide bonds. The van der Waals surface area contributed by atoms with E-state index in [-0.39, 0.29) is 6.03 Å². The van der Waals surface area contributed by atoms with Crippen LogP contribution in [0.5, 0.6) is 0 Å². The third kappa shape index (κ3) is 4.47. The Kier molecular flexibility index (Phi) is 6.17. The summed E-state index contributed by atoms with van der Waals surface area (Å²) in [5.74, 6) is 0.893. The van der Waals surface area contributed by atoms with E-state index in [0.717, 1.165) is 44.1 Å². The molecule has 1 N–H and O–H groups in total. The molecule has 1 aromatic heterocycles. The molecule has 1 aliphatic rings. The van der Waals surface area contributed by atoms with E-state index in [1.54, 1.807) is 16.7 Å². The van der Waals surface area contributed by atoms with Gasteiger partial charge in [-0.15, -0.1) is 11.8 Å². The summed E-state index contributed by atoms with van der Waals surface area (Å²) in [5, 5.41) is 7.42. The lowest BCUT2D eigenvalue weighted by molar-refractivity contribution is 0.244. The number of carbonyl (C=O) groups excluding carboxylic acids is 1. The Balaban J connectivity index is 1.63. The highest BCUT2D eigenvalue weighted by atomic mass is 32.2. The summed E-state index contributed by atoms with van der Waals surface area (Å²) < 4.78 is 5.79. The molecule has 176 valence electrons. The second-order valence-electron chi connectivity index (χ2n) is 8.61. The third-order valence-corrected chi connectivity index (χ3v) is 6.94. The van der Waals surface area contributed by atoms with E-state index < -0.39 is 6.04 Å². The van der Waals surface area contributed by atoms with Gasteiger partial charge in [0.15, 0.2) is 0 Å². The summed E-state index contributed by atoms with van der Waals surface area (Å²) in [6, 6.07) is 23.4. The largest absolute Gasteiger partial charge is 0.334 e. The van der Waals surface area contributed by atoms with Gasteiger partial charge in [-0.25, -0.2) is 4.79 Å². The van der Waals surface area contributed by atoms with Crippen molar-refractivity contribution in [3.05, 3.63) is 101 Å². The minimum atomic E-state index is -0.425. The van der Waals surface area contributed by atoms with Crippen molar-refractivity contribution < 1.29 is 9.32 Å². The van der Waals surface area contributed by atoms with Crippen molar-refractivity contribution in [1.82, 2.24) is 15.5 Å².